The van der Waals surface area contributed by atoms with Crippen molar-refractivity contribution in [3.8, 4) is 5.75 Å². The lowest BCUT2D eigenvalue weighted by Gasteiger charge is -2.33. The summed E-state index contributed by atoms with van der Waals surface area (Å²) in [4.78, 5) is 16.6. The highest BCUT2D eigenvalue weighted by Gasteiger charge is 2.18. The Bertz CT molecular complexity index is 602. The quantitative estimate of drug-likeness (QED) is 0.425. The van der Waals surface area contributed by atoms with Crippen LogP contribution in [0.4, 0.5) is 0 Å². The molecule has 1 aromatic rings. The van der Waals surface area contributed by atoms with Crippen molar-refractivity contribution in [2.24, 2.45) is 0 Å². The summed E-state index contributed by atoms with van der Waals surface area (Å²) in [6.45, 7) is 7.90. The van der Waals surface area contributed by atoms with Crippen LogP contribution >= 0.6 is 0 Å². The second kappa shape index (κ2) is 12.1. The molecule has 1 aliphatic heterocycles. The van der Waals surface area contributed by atoms with E-state index in [1.807, 2.05) is 13.0 Å². The Labute approximate surface area is 168 Å². The number of hydrogen-bond donors (Lipinski definition) is 1. The van der Waals surface area contributed by atoms with E-state index in [1.165, 1.54) is 0 Å². The average Bonchev–Trinajstić information content (AvgIpc) is 2.71. The van der Waals surface area contributed by atoms with Gasteiger partial charge in [0.05, 0.1) is 19.8 Å². The van der Waals surface area contributed by atoms with E-state index in [9.17, 15) is 9.90 Å². The molecule has 28 heavy (non-hydrogen) atoms. The third kappa shape index (κ3) is 7.48. The number of β-amino-alcohol motifs (C(OH)–C–C–N with tert-alkyl or cyclic N) is 1. The summed E-state index contributed by atoms with van der Waals surface area (Å²) < 4.78 is 16.5. The number of carbonyl (C=O) groups excluding carboxylic acids is 1. The summed E-state index contributed by atoms with van der Waals surface area (Å²) >= 11 is 0. The molecule has 7 nitrogen and oxygen atoms in total. The molecule has 0 saturated carbocycles. The molecule has 0 aromatic heterocycles. The first-order valence-electron chi connectivity index (χ1n) is 9.98. The normalized spacial score (nSPS) is 16.9. The van der Waals surface area contributed by atoms with Gasteiger partial charge < -0.3 is 24.2 Å². The van der Waals surface area contributed by atoms with Gasteiger partial charge in [0.2, 0.25) is 0 Å². The second-order valence-electron chi connectivity index (χ2n) is 7.21. The van der Waals surface area contributed by atoms with E-state index in [1.54, 1.807) is 19.2 Å². The Balaban J connectivity index is 1.92. The van der Waals surface area contributed by atoms with E-state index in [4.69, 9.17) is 14.2 Å². The lowest BCUT2D eigenvalue weighted by molar-refractivity contribution is 0.0465. The zero-order chi connectivity index (χ0) is 20.4. The van der Waals surface area contributed by atoms with Gasteiger partial charge in [-0.25, -0.2) is 0 Å². The number of benzene rings is 1. The van der Waals surface area contributed by atoms with Gasteiger partial charge in [-0.05, 0) is 25.2 Å². The van der Waals surface area contributed by atoms with Gasteiger partial charge in [-0.3, -0.25) is 9.69 Å². The molecule has 1 aromatic carbocycles. The third-order valence-corrected chi connectivity index (χ3v) is 4.89. The van der Waals surface area contributed by atoms with Crippen molar-refractivity contribution in [3.05, 3.63) is 29.3 Å². The first kappa shape index (κ1) is 22.8. The number of aliphatic hydroxyl groups is 1. The van der Waals surface area contributed by atoms with Gasteiger partial charge in [-0.15, -0.1) is 0 Å². The molecule has 7 heteroatoms. The molecule has 0 bridgehead atoms. The van der Waals surface area contributed by atoms with E-state index in [-0.39, 0.29) is 12.4 Å². The topological polar surface area (TPSA) is 71.5 Å². The molecule has 0 amide bonds. The molecular weight excluding hydrogens is 360 g/mol. The minimum absolute atomic E-state index is 0.0831. The first-order valence-corrected chi connectivity index (χ1v) is 9.98. The number of ether oxygens (including phenoxy) is 3. The Hall–Kier alpha value is -1.51. The third-order valence-electron chi connectivity index (χ3n) is 4.89. The summed E-state index contributed by atoms with van der Waals surface area (Å²) in [5.74, 6) is 0.724. The zero-order valence-electron chi connectivity index (χ0n) is 17.4. The van der Waals surface area contributed by atoms with Crippen LogP contribution in [-0.2, 0) is 16.1 Å². The molecule has 1 fully saturated rings. The molecule has 1 saturated heterocycles. The van der Waals surface area contributed by atoms with E-state index < -0.39 is 6.10 Å². The fourth-order valence-electron chi connectivity index (χ4n) is 3.10. The summed E-state index contributed by atoms with van der Waals surface area (Å²) in [6, 6.07) is 5.38. The Morgan fingerprint density at radius 2 is 1.96 bits per heavy atom. The summed E-state index contributed by atoms with van der Waals surface area (Å²) in [5, 5.41) is 10.4. The highest BCUT2D eigenvalue weighted by Crippen LogP contribution is 2.22. The Kier molecular flexibility index (Phi) is 9.87. The van der Waals surface area contributed by atoms with Crippen LogP contribution < -0.4 is 4.74 Å². The standard InChI is InChI=1S/C21H34N2O5/c1-4-20(25)17-5-6-21(18(13-17)15-27-12-11-26-3)28-16-19(24)14-23-9-7-22(2)8-10-23/h5-6,13,19,24H,4,7-12,14-16H2,1-3H3. The maximum atomic E-state index is 12.0. The predicted molar refractivity (Wildman–Crippen MR) is 108 cm³/mol. The molecule has 0 radical (unpaired) electrons. The van der Waals surface area contributed by atoms with Crippen molar-refractivity contribution in [1.29, 1.82) is 0 Å². The van der Waals surface area contributed by atoms with Gasteiger partial charge in [0, 0.05) is 57.4 Å². The van der Waals surface area contributed by atoms with Gasteiger partial charge >= 0.3 is 0 Å². The Morgan fingerprint density at radius 3 is 2.64 bits per heavy atom. The van der Waals surface area contributed by atoms with Crippen LogP contribution in [-0.4, -0.2) is 93.5 Å². The largest absolute Gasteiger partial charge is 0.490 e. The first-order chi connectivity index (χ1) is 13.5. The maximum Gasteiger partial charge on any atom is 0.162 e. The highest BCUT2D eigenvalue weighted by molar-refractivity contribution is 5.96. The smallest absolute Gasteiger partial charge is 0.162 e. The number of methoxy groups -OCH3 is 1. The van der Waals surface area contributed by atoms with Crippen LogP contribution in [0.5, 0.6) is 5.75 Å². The number of piperazine rings is 1. The predicted octanol–water partition coefficient (Wildman–Crippen LogP) is 1.43. The van der Waals surface area contributed by atoms with Crippen LogP contribution in [0.1, 0.15) is 29.3 Å². The van der Waals surface area contributed by atoms with Crippen molar-refractivity contribution in [1.82, 2.24) is 9.80 Å². The second-order valence-corrected chi connectivity index (χ2v) is 7.21. The summed E-state index contributed by atoms with van der Waals surface area (Å²) in [5.41, 5.74) is 1.46. The molecule has 1 aliphatic rings. The number of likely N-dealkylation sites (N-methyl/N-ethyl adjacent to an activating group) is 1. The number of hydrogen-bond acceptors (Lipinski definition) is 7. The molecule has 1 unspecified atom stereocenters. The average molecular weight is 395 g/mol. The minimum atomic E-state index is -0.567. The van der Waals surface area contributed by atoms with Crippen molar-refractivity contribution in [2.45, 2.75) is 26.1 Å². The lowest BCUT2D eigenvalue weighted by atomic mass is 10.1. The monoisotopic (exact) mass is 394 g/mol. The lowest BCUT2D eigenvalue weighted by Crippen LogP contribution is -2.47. The van der Waals surface area contributed by atoms with Crippen molar-refractivity contribution < 1.29 is 24.1 Å². The van der Waals surface area contributed by atoms with Gasteiger partial charge in [-0.2, -0.15) is 0 Å². The van der Waals surface area contributed by atoms with Crippen LogP contribution in [0.25, 0.3) is 0 Å². The highest BCUT2D eigenvalue weighted by atomic mass is 16.5. The van der Waals surface area contributed by atoms with Crippen LogP contribution in [0.15, 0.2) is 18.2 Å². The van der Waals surface area contributed by atoms with Crippen LogP contribution in [0.2, 0.25) is 0 Å². The van der Waals surface area contributed by atoms with E-state index in [2.05, 4.69) is 16.8 Å². The minimum Gasteiger partial charge on any atom is -0.490 e. The summed E-state index contributed by atoms with van der Waals surface area (Å²) in [6.07, 6.45) is -0.115. The van der Waals surface area contributed by atoms with Gasteiger partial charge in [0.25, 0.3) is 0 Å². The van der Waals surface area contributed by atoms with Gasteiger partial charge in [0.15, 0.2) is 5.78 Å². The molecule has 158 valence electrons. The Morgan fingerprint density at radius 1 is 1.21 bits per heavy atom. The maximum absolute atomic E-state index is 12.0. The molecule has 1 N–H and O–H groups in total. The number of ketones is 1. The summed E-state index contributed by atoms with van der Waals surface area (Å²) in [7, 11) is 3.74. The molecular formula is C21H34N2O5. The van der Waals surface area contributed by atoms with Crippen molar-refractivity contribution in [2.75, 3.05) is 66.7 Å². The molecule has 0 aliphatic carbocycles. The zero-order valence-corrected chi connectivity index (χ0v) is 17.4. The number of nitrogens with zero attached hydrogens (tertiary/aromatic N) is 2. The fourth-order valence-corrected chi connectivity index (χ4v) is 3.10. The van der Waals surface area contributed by atoms with Crippen LogP contribution in [0.3, 0.4) is 0 Å². The van der Waals surface area contributed by atoms with E-state index >= 15 is 0 Å². The van der Waals surface area contributed by atoms with Gasteiger partial charge in [0.1, 0.15) is 18.5 Å². The number of carbonyl (C=O) groups is 1. The molecule has 0 spiro atoms. The number of aliphatic hydroxyl groups excluding tert-OH is 1. The number of Topliss-reactive ketones (excluding diaryl/α,β-unsaturated/α-hetero) is 1. The van der Waals surface area contributed by atoms with Crippen molar-refractivity contribution >= 4 is 5.78 Å². The molecule has 2 rings (SSSR count). The van der Waals surface area contributed by atoms with E-state index in [0.717, 1.165) is 31.7 Å². The van der Waals surface area contributed by atoms with Gasteiger partial charge in [-0.1, -0.05) is 6.92 Å². The SMILES string of the molecule is CCC(=O)c1ccc(OCC(O)CN2CCN(C)CC2)c(COCCOC)c1. The van der Waals surface area contributed by atoms with Crippen molar-refractivity contribution in [3.63, 3.8) is 0 Å². The molecule has 1 atom stereocenters. The number of rotatable bonds is 12. The molecule has 1 heterocycles. The van der Waals surface area contributed by atoms with E-state index in [0.29, 0.717) is 44.1 Å². The fraction of sp³-hybridized carbons (Fsp3) is 0.667. The van der Waals surface area contributed by atoms with Crippen LogP contribution in [0, 0.1) is 0 Å².